The number of methoxy groups -OCH3 is 1. The van der Waals surface area contributed by atoms with Gasteiger partial charge < -0.3 is 39.6 Å². The number of rotatable bonds is 4. The van der Waals surface area contributed by atoms with Crippen LogP contribution in [0.25, 0.3) is 0 Å². The number of fused-ring (bicyclic) bond motifs is 4. The quantitative estimate of drug-likeness (QED) is 0.346. The molecule has 210 valence electrons. The van der Waals surface area contributed by atoms with Crippen LogP contribution in [0.5, 0.6) is 17.2 Å². The summed E-state index contributed by atoms with van der Waals surface area (Å²) in [7, 11) is 1.34. The topological polar surface area (TPSA) is 178 Å². The molecular formula is C28H27NO11. The summed E-state index contributed by atoms with van der Waals surface area (Å²) >= 11 is 0. The van der Waals surface area contributed by atoms with Crippen molar-refractivity contribution in [2.45, 2.75) is 69.4 Å². The first-order valence-corrected chi connectivity index (χ1v) is 12.8. The molecule has 0 bridgehead atoms. The molecule has 2 aliphatic heterocycles. The number of phenolic OH excluding ortho intramolecular Hbond substituents is 2. The largest absolute Gasteiger partial charge is 0.507 e. The molecule has 12 heteroatoms. The zero-order valence-electron chi connectivity index (χ0n) is 21.8. The Balaban J connectivity index is 1.48. The zero-order valence-corrected chi connectivity index (χ0v) is 21.8. The van der Waals surface area contributed by atoms with Crippen molar-refractivity contribution in [3.63, 3.8) is 0 Å². The number of alkyl carbamates (subject to hydrolysis) is 1. The molecule has 2 fully saturated rings. The summed E-state index contributed by atoms with van der Waals surface area (Å²) in [5.41, 5.74) is -3.05. The minimum atomic E-state index is -2.01. The van der Waals surface area contributed by atoms with E-state index in [1.165, 1.54) is 32.2 Å². The number of Topliss-reactive ketones (excluding diaryl/α,β-unsaturated/α-hetero) is 1. The molecule has 2 aromatic rings. The number of aliphatic hydroxyl groups is 1. The molecular weight excluding hydrogens is 526 g/mol. The molecule has 0 saturated carbocycles. The van der Waals surface area contributed by atoms with Crippen molar-refractivity contribution in [2.24, 2.45) is 0 Å². The van der Waals surface area contributed by atoms with Crippen LogP contribution in [0.15, 0.2) is 18.2 Å². The van der Waals surface area contributed by atoms with E-state index < -0.39 is 88.7 Å². The van der Waals surface area contributed by atoms with Gasteiger partial charge in [0.15, 0.2) is 17.9 Å². The fourth-order valence-electron chi connectivity index (χ4n) is 6.24. The van der Waals surface area contributed by atoms with E-state index in [1.54, 1.807) is 6.92 Å². The van der Waals surface area contributed by atoms with E-state index in [1.807, 2.05) is 0 Å². The Morgan fingerprint density at radius 1 is 1.10 bits per heavy atom. The first kappa shape index (κ1) is 26.2. The van der Waals surface area contributed by atoms with Crippen molar-refractivity contribution in [1.29, 1.82) is 0 Å². The van der Waals surface area contributed by atoms with Gasteiger partial charge in [-0.05, 0) is 19.9 Å². The number of ether oxygens (including phenoxy) is 4. The van der Waals surface area contributed by atoms with Gasteiger partial charge in [-0.2, -0.15) is 0 Å². The third-order valence-corrected chi connectivity index (χ3v) is 8.27. The highest BCUT2D eigenvalue weighted by molar-refractivity contribution is 6.31. The van der Waals surface area contributed by atoms with Crippen LogP contribution in [0.2, 0.25) is 0 Å². The average molecular weight is 554 g/mol. The number of ketones is 3. The maximum Gasteiger partial charge on any atom is 0.407 e. The summed E-state index contributed by atoms with van der Waals surface area (Å²) in [4.78, 5) is 51.6. The van der Waals surface area contributed by atoms with Crippen LogP contribution in [0.3, 0.4) is 0 Å². The predicted molar refractivity (Wildman–Crippen MR) is 134 cm³/mol. The summed E-state index contributed by atoms with van der Waals surface area (Å²) in [6, 6.07) is 4.01. The van der Waals surface area contributed by atoms with Crippen LogP contribution >= 0.6 is 0 Å². The van der Waals surface area contributed by atoms with Gasteiger partial charge in [0.2, 0.25) is 5.78 Å². The number of nitrogens with one attached hydrogen (secondary N) is 1. The third-order valence-electron chi connectivity index (χ3n) is 8.27. The van der Waals surface area contributed by atoms with Crippen LogP contribution < -0.4 is 10.1 Å². The second-order valence-electron chi connectivity index (χ2n) is 10.6. The molecule has 6 rings (SSSR count). The zero-order chi connectivity index (χ0) is 28.7. The van der Waals surface area contributed by atoms with Gasteiger partial charge in [-0.25, -0.2) is 4.79 Å². The lowest BCUT2D eigenvalue weighted by Crippen LogP contribution is -2.50. The SMILES string of the molecule is COc1cccc2c1C(=O)c1c(O)c3c(c(O)c1C2=O)C[C@@](O)(C(C)=O)C[C@@H]3O[C@H]1C[C@@H]2NC(=O)O[C@@H]2[C@H](C)O1. The number of phenols is 2. The highest BCUT2D eigenvalue weighted by atomic mass is 16.7. The molecule has 1 amide bonds. The lowest BCUT2D eigenvalue weighted by atomic mass is 9.72. The van der Waals surface area contributed by atoms with Gasteiger partial charge >= 0.3 is 6.09 Å². The normalized spacial score (nSPS) is 30.4. The molecule has 0 spiro atoms. The molecule has 40 heavy (non-hydrogen) atoms. The summed E-state index contributed by atoms with van der Waals surface area (Å²) in [5.74, 6) is -3.18. The fourth-order valence-corrected chi connectivity index (χ4v) is 6.24. The molecule has 0 radical (unpaired) electrons. The van der Waals surface area contributed by atoms with E-state index >= 15 is 0 Å². The number of hydrogen-bond donors (Lipinski definition) is 4. The third kappa shape index (κ3) is 3.70. The van der Waals surface area contributed by atoms with Gasteiger partial charge in [-0.15, -0.1) is 0 Å². The number of carbonyl (C=O) groups excluding carboxylic acids is 4. The average Bonchev–Trinajstić information content (AvgIpc) is 3.29. The smallest absolute Gasteiger partial charge is 0.407 e. The Labute approximate surface area is 227 Å². The van der Waals surface area contributed by atoms with E-state index in [0.29, 0.717) is 0 Å². The minimum absolute atomic E-state index is 0.0167. The van der Waals surface area contributed by atoms with Crippen LogP contribution in [-0.4, -0.2) is 76.0 Å². The lowest BCUT2D eigenvalue weighted by molar-refractivity contribution is -0.242. The molecule has 0 aromatic heterocycles. The maximum absolute atomic E-state index is 13.7. The summed E-state index contributed by atoms with van der Waals surface area (Å²) < 4.78 is 22.6. The van der Waals surface area contributed by atoms with Crippen molar-refractivity contribution >= 4 is 23.4 Å². The number of carbonyl (C=O) groups is 4. The Hall–Kier alpha value is -4.00. The van der Waals surface area contributed by atoms with Gasteiger partial charge in [0, 0.05) is 36.0 Å². The highest BCUT2D eigenvalue weighted by Gasteiger charge is 2.50. The molecule has 6 atom stereocenters. The second-order valence-corrected chi connectivity index (χ2v) is 10.6. The van der Waals surface area contributed by atoms with Crippen molar-refractivity contribution in [2.75, 3.05) is 7.11 Å². The van der Waals surface area contributed by atoms with Gasteiger partial charge in [0.25, 0.3) is 0 Å². The first-order valence-electron chi connectivity index (χ1n) is 12.8. The summed E-state index contributed by atoms with van der Waals surface area (Å²) in [6.45, 7) is 2.88. The molecule has 2 saturated heterocycles. The van der Waals surface area contributed by atoms with Crippen molar-refractivity contribution in [3.05, 3.63) is 51.6 Å². The monoisotopic (exact) mass is 553 g/mol. The Bertz CT molecular complexity index is 1500. The highest BCUT2D eigenvalue weighted by Crippen LogP contribution is 2.52. The van der Waals surface area contributed by atoms with Crippen LogP contribution in [0, 0.1) is 0 Å². The molecule has 2 aliphatic carbocycles. The molecule has 0 unspecified atom stereocenters. The van der Waals surface area contributed by atoms with E-state index in [4.69, 9.17) is 18.9 Å². The van der Waals surface area contributed by atoms with Crippen LogP contribution in [-0.2, 0) is 25.4 Å². The molecule has 4 N–H and O–H groups in total. The molecule has 12 nitrogen and oxygen atoms in total. The first-order chi connectivity index (χ1) is 18.9. The Morgan fingerprint density at radius 2 is 1.82 bits per heavy atom. The fraction of sp³-hybridized carbons (Fsp3) is 0.429. The minimum Gasteiger partial charge on any atom is -0.507 e. The maximum atomic E-state index is 13.7. The number of benzene rings is 2. The van der Waals surface area contributed by atoms with E-state index in [0.717, 1.165) is 0 Å². The summed E-state index contributed by atoms with van der Waals surface area (Å²) in [5, 5.41) is 36.9. The van der Waals surface area contributed by atoms with E-state index in [-0.39, 0.29) is 40.8 Å². The van der Waals surface area contributed by atoms with Crippen LogP contribution in [0.4, 0.5) is 4.79 Å². The van der Waals surface area contributed by atoms with E-state index in [2.05, 4.69) is 5.32 Å². The Morgan fingerprint density at radius 3 is 2.52 bits per heavy atom. The molecule has 2 heterocycles. The van der Waals surface area contributed by atoms with Crippen LogP contribution in [0.1, 0.15) is 75.8 Å². The van der Waals surface area contributed by atoms with Crippen molar-refractivity contribution < 1.29 is 53.4 Å². The van der Waals surface area contributed by atoms with E-state index in [9.17, 15) is 34.5 Å². The predicted octanol–water partition coefficient (Wildman–Crippen LogP) is 1.82. The van der Waals surface area contributed by atoms with Crippen molar-refractivity contribution in [1.82, 2.24) is 5.32 Å². The number of amides is 1. The second kappa shape index (κ2) is 9.01. The molecule has 2 aromatic carbocycles. The van der Waals surface area contributed by atoms with Gasteiger partial charge in [0.05, 0.1) is 42.0 Å². The molecule has 4 aliphatic rings. The van der Waals surface area contributed by atoms with Crippen molar-refractivity contribution in [3.8, 4) is 17.2 Å². The standard InChI is InChI=1S/C28H27NO11/c1-10-26-14(29-27(35)40-26)7-17(38-10)39-16-9-28(36,11(2)30)8-13-19(16)25(34)21-20(23(13)32)22(31)12-5-4-6-15(37-3)18(12)24(21)33/h4-6,10,14,16-17,26,32,34,36H,7-9H2,1-3H3,(H,29,35)/t10-,14-,16-,17-,26+,28-/m0/s1. The number of hydrogen-bond acceptors (Lipinski definition) is 11. The van der Waals surface area contributed by atoms with Gasteiger partial charge in [-0.3, -0.25) is 14.4 Å². The summed E-state index contributed by atoms with van der Waals surface area (Å²) in [6.07, 6.45) is -4.49. The lowest BCUT2D eigenvalue weighted by Gasteiger charge is -2.41. The Kier molecular flexibility index (Phi) is 5.91. The number of aromatic hydroxyl groups is 2. The van der Waals surface area contributed by atoms with Gasteiger partial charge in [0.1, 0.15) is 29.0 Å². The van der Waals surface area contributed by atoms with Gasteiger partial charge in [-0.1, -0.05) is 12.1 Å².